The predicted octanol–water partition coefficient (Wildman–Crippen LogP) is 3.44. The number of hydrogen-bond donors (Lipinski definition) is 1. The van der Waals surface area contributed by atoms with Gasteiger partial charge < -0.3 is 10.0 Å². The van der Waals surface area contributed by atoms with Crippen LogP contribution in [0, 0.1) is 16.0 Å². The molecule has 21 heavy (non-hydrogen) atoms. The van der Waals surface area contributed by atoms with Crippen molar-refractivity contribution in [2.45, 2.75) is 32.2 Å². The van der Waals surface area contributed by atoms with E-state index in [1.165, 1.54) is 6.07 Å². The molecule has 1 saturated heterocycles. The Kier molecular flexibility index (Phi) is 4.82. The summed E-state index contributed by atoms with van der Waals surface area (Å²) in [7, 11) is 0. The molecule has 114 valence electrons. The topological polar surface area (TPSA) is 83.7 Å². The van der Waals surface area contributed by atoms with Crippen molar-refractivity contribution in [1.82, 2.24) is 0 Å². The number of hydrogen-bond acceptors (Lipinski definition) is 4. The van der Waals surface area contributed by atoms with Crippen LogP contribution in [0.5, 0.6) is 0 Å². The first-order valence-electron chi connectivity index (χ1n) is 6.87. The second kappa shape index (κ2) is 6.43. The van der Waals surface area contributed by atoms with Crippen LogP contribution in [0.3, 0.4) is 0 Å². The second-order valence-corrected chi connectivity index (χ2v) is 6.15. The average molecular weight is 357 g/mol. The molecule has 0 saturated carbocycles. The van der Waals surface area contributed by atoms with Crippen molar-refractivity contribution in [2.75, 3.05) is 11.4 Å². The van der Waals surface area contributed by atoms with E-state index in [4.69, 9.17) is 0 Å². The molecule has 1 heterocycles. The first-order chi connectivity index (χ1) is 9.93. The molecular formula is C14H17BrN2O4. The van der Waals surface area contributed by atoms with Crippen molar-refractivity contribution in [1.29, 1.82) is 0 Å². The monoisotopic (exact) mass is 356 g/mol. The molecular weight excluding hydrogens is 340 g/mol. The van der Waals surface area contributed by atoms with Gasteiger partial charge in [-0.2, -0.15) is 0 Å². The molecule has 6 nitrogen and oxygen atoms in total. The standard InChI is InChI=1S/C14H17BrN2O4/c1-2-9-5-6-16(13(7-9)14(18)19)12-8-10(15)3-4-11(12)17(20)21/h3-4,8-9,13H,2,5-7H2,1H3,(H,18,19). The second-order valence-electron chi connectivity index (χ2n) is 5.24. The first kappa shape index (κ1) is 15.8. The predicted molar refractivity (Wildman–Crippen MR) is 82.6 cm³/mol. The highest BCUT2D eigenvalue weighted by atomic mass is 79.9. The lowest BCUT2D eigenvalue weighted by atomic mass is 9.88. The van der Waals surface area contributed by atoms with Crippen molar-refractivity contribution >= 4 is 33.3 Å². The number of anilines is 1. The Morgan fingerprint density at radius 3 is 2.86 bits per heavy atom. The summed E-state index contributed by atoms with van der Waals surface area (Å²) in [4.78, 5) is 23.9. The van der Waals surface area contributed by atoms with Gasteiger partial charge in [0.2, 0.25) is 0 Å². The van der Waals surface area contributed by atoms with Crippen LogP contribution in [0.25, 0.3) is 0 Å². The quantitative estimate of drug-likeness (QED) is 0.659. The van der Waals surface area contributed by atoms with Crippen LogP contribution in [-0.2, 0) is 4.79 Å². The third kappa shape index (κ3) is 3.34. The fourth-order valence-corrected chi connectivity index (χ4v) is 3.16. The van der Waals surface area contributed by atoms with Gasteiger partial charge >= 0.3 is 5.97 Å². The average Bonchev–Trinajstić information content (AvgIpc) is 2.46. The molecule has 1 aliphatic rings. The number of nitrogens with zero attached hydrogens (tertiary/aromatic N) is 2. The van der Waals surface area contributed by atoms with Gasteiger partial charge in [-0.15, -0.1) is 0 Å². The number of halogens is 1. The van der Waals surface area contributed by atoms with E-state index < -0.39 is 16.9 Å². The zero-order chi connectivity index (χ0) is 15.6. The highest BCUT2D eigenvalue weighted by molar-refractivity contribution is 9.10. The Morgan fingerprint density at radius 2 is 2.29 bits per heavy atom. The van der Waals surface area contributed by atoms with Crippen molar-refractivity contribution < 1.29 is 14.8 Å². The van der Waals surface area contributed by atoms with Crippen LogP contribution < -0.4 is 4.90 Å². The van der Waals surface area contributed by atoms with Gasteiger partial charge in [-0.3, -0.25) is 10.1 Å². The molecule has 0 amide bonds. The molecule has 7 heteroatoms. The number of benzene rings is 1. The number of nitro groups is 1. The molecule has 1 N–H and O–H groups in total. The van der Waals surface area contributed by atoms with Crippen molar-refractivity contribution in [3.63, 3.8) is 0 Å². The van der Waals surface area contributed by atoms with Crippen molar-refractivity contribution in [3.8, 4) is 0 Å². The number of piperidine rings is 1. The summed E-state index contributed by atoms with van der Waals surface area (Å²) < 4.78 is 0.699. The number of carboxylic acids is 1. The molecule has 0 radical (unpaired) electrons. The molecule has 2 rings (SSSR count). The highest BCUT2D eigenvalue weighted by Gasteiger charge is 2.35. The summed E-state index contributed by atoms with van der Waals surface area (Å²) in [6.07, 6.45) is 2.30. The highest BCUT2D eigenvalue weighted by Crippen LogP contribution is 2.37. The lowest BCUT2D eigenvalue weighted by molar-refractivity contribution is -0.384. The Morgan fingerprint density at radius 1 is 1.57 bits per heavy atom. The van der Waals surface area contributed by atoms with E-state index in [1.807, 2.05) is 6.92 Å². The van der Waals surface area contributed by atoms with Gasteiger partial charge in [0.05, 0.1) is 4.92 Å². The smallest absolute Gasteiger partial charge is 0.326 e. The van der Waals surface area contributed by atoms with Crippen molar-refractivity contribution in [3.05, 3.63) is 32.8 Å². The Balaban J connectivity index is 2.41. The minimum absolute atomic E-state index is 0.0561. The lowest BCUT2D eigenvalue weighted by Gasteiger charge is -2.38. The van der Waals surface area contributed by atoms with E-state index >= 15 is 0 Å². The fourth-order valence-electron chi connectivity index (χ4n) is 2.81. The van der Waals surface area contributed by atoms with E-state index in [0.29, 0.717) is 29.0 Å². The fraction of sp³-hybridized carbons (Fsp3) is 0.500. The minimum atomic E-state index is -0.928. The third-order valence-corrected chi connectivity index (χ3v) is 4.51. The summed E-state index contributed by atoms with van der Waals surface area (Å²) in [6, 6.07) is 3.91. The zero-order valence-electron chi connectivity index (χ0n) is 11.7. The van der Waals surface area contributed by atoms with Gasteiger partial charge in [-0.25, -0.2) is 4.79 Å². The van der Waals surface area contributed by atoms with Gasteiger partial charge in [0.1, 0.15) is 11.7 Å². The maximum atomic E-state index is 11.5. The van der Waals surface area contributed by atoms with Crippen LogP contribution >= 0.6 is 15.9 Å². The molecule has 0 spiro atoms. The Bertz CT molecular complexity index is 564. The molecule has 1 aliphatic heterocycles. The molecule has 2 atom stereocenters. The summed E-state index contributed by atoms with van der Waals surface area (Å²) in [5.74, 6) is -0.573. The number of nitro benzene ring substituents is 1. The van der Waals surface area contributed by atoms with Gasteiger partial charge in [-0.1, -0.05) is 29.3 Å². The summed E-state index contributed by atoms with van der Waals surface area (Å²) >= 11 is 3.30. The SMILES string of the molecule is CCC1CCN(c2cc(Br)ccc2[N+](=O)[O-])C(C(=O)O)C1. The van der Waals surface area contributed by atoms with Gasteiger partial charge in [0, 0.05) is 17.1 Å². The maximum absolute atomic E-state index is 11.5. The third-order valence-electron chi connectivity index (χ3n) is 4.02. The largest absolute Gasteiger partial charge is 0.480 e. The first-order valence-corrected chi connectivity index (χ1v) is 7.66. The summed E-state index contributed by atoms with van der Waals surface area (Å²) in [5, 5.41) is 20.6. The van der Waals surface area contributed by atoms with Crippen LogP contribution in [0.2, 0.25) is 0 Å². The maximum Gasteiger partial charge on any atom is 0.326 e. The number of carboxylic acid groups (broad SMARTS) is 1. The van der Waals surface area contributed by atoms with E-state index in [-0.39, 0.29) is 5.69 Å². The van der Waals surface area contributed by atoms with Gasteiger partial charge in [-0.05, 0) is 30.9 Å². The van der Waals surface area contributed by atoms with E-state index in [9.17, 15) is 20.0 Å². The van der Waals surface area contributed by atoms with Gasteiger partial charge in [0.25, 0.3) is 5.69 Å². The summed E-state index contributed by atoms with van der Waals surface area (Å²) in [5.41, 5.74) is 0.315. The molecule has 0 aliphatic carbocycles. The van der Waals surface area contributed by atoms with Crippen molar-refractivity contribution in [2.24, 2.45) is 5.92 Å². The molecule has 0 aromatic heterocycles. The van der Waals surface area contributed by atoms with E-state index in [0.717, 1.165) is 12.8 Å². The molecule has 0 bridgehead atoms. The minimum Gasteiger partial charge on any atom is -0.480 e. The zero-order valence-corrected chi connectivity index (χ0v) is 13.2. The normalized spacial score (nSPS) is 22.1. The molecule has 1 aromatic carbocycles. The van der Waals surface area contributed by atoms with Gasteiger partial charge in [0.15, 0.2) is 0 Å². The van der Waals surface area contributed by atoms with Crippen LogP contribution in [0.1, 0.15) is 26.2 Å². The van der Waals surface area contributed by atoms with Crippen LogP contribution in [0.4, 0.5) is 11.4 Å². The molecule has 1 fully saturated rings. The lowest BCUT2D eigenvalue weighted by Crippen LogP contribution is -2.47. The van der Waals surface area contributed by atoms with E-state index in [1.54, 1.807) is 17.0 Å². The Hall–Kier alpha value is -1.63. The molecule has 1 aromatic rings. The summed E-state index contributed by atoms with van der Waals surface area (Å²) in [6.45, 7) is 2.56. The number of aliphatic carboxylic acids is 1. The Labute approximate surface area is 131 Å². The van der Waals surface area contributed by atoms with Crippen LogP contribution in [0.15, 0.2) is 22.7 Å². The van der Waals surface area contributed by atoms with E-state index in [2.05, 4.69) is 15.9 Å². The molecule has 2 unspecified atom stereocenters. The number of carbonyl (C=O) groups is 1. The van der Waals surface area contributed by atoms with Crippen LogP contribution in [-0.4, -0.2) is 28.6 Å². The number of rotatable bonds is 4.